The number of carboxylic acids is 1. The van der Waals surface area contributed by atoms with Gasteiger partial charge in [-0.2, -0.15) is 0 Å². The van der Waals surface area contributed by atoms with E-state index in [2.05, 4.69) is 0 Å². The van der Waals surface area contributed by atoms with Crippen molar-refractivity contribution >= 4 is 5.97 Å². The molecule has 0 aliphatic heterocycles. The van der Waals surface area contributed by atoms with Crippen LogP contribution in [0.25, 0.3) is 0 Å². The fraction of sp³-hybridized carbons (Fsp3) is 0.900. The molecule has 2 N–H and O–H groups in total. The van der Waals surface area contributed by atoms with Crippen LogP contribution in [0, 0.1) is 11.3 Å². The Morgan fingerprint density at radius 1 is 1.46 bits per heavy atom. The third-order valence-electron chi connectivity index (χ3n) is 3.22. The molecular formula is C10H18O3. The number of hydrogen-bond acceptors (Lipinski definition) is 2. The molecule has 0 aromatic heterocycles. The molecule has 13 heavy (non-hydrogen) atoms. The number of rotatable bonds is 2. The molecule has 1 fully saturated rings. The van der Waals surface area contributed by atoms with E-state index in [1.54, 1.807) is 0 Å². The zero-order chi connectivity index (χ0) is 10.1. The van der Waals surface area contributed by atoms with Crippen LogP contribution in [0.4, 0.5) is 0 Å². The number of aliphatic hydroxyl groups is 1. The first-order valence-corrected chi connectivity index (χ1v) is 4.86. The molecule has 1 saturated carbocycles. The van der Waals surface area contributed by atoms with Crippen molar-refractivity contribution in [2.45, 2.75) is 45.6 Å². The third kappa shape index (κ3) is 2.21. The zero-order valence-electron chi connectivity index (χ0n) is 8.29. The molecule has 2 atom stereocenters. The van der Waals surface area contributed by atoms with E-state index in [-0.39, 0.29) is 11.3 Å². The highest BCUT2D eigenvalue weighted by Gasteiger charge is 2.39. The molecule has 3 nitrogen and oxygen atoms in total. The van der Waals surface area contributed by atoms with Gasteiger partial charge < -0.3 is 10.2 Å². The van der Waals surface area contributed by atoms with E-state index in [0.717, 1.165) is 25.7 Å². The first-order valence-electron chi connectivity index (χ1n) is 4.86. The van der Waals surface area contributed by atoms with Crippen LogP contribution in [0.1, 0.15) is 39.5 Å². The van der Waals surface area contributed by atoms with Crippen molar-refractivity contribution in [1.29, 1.82) is 0 Å². The predicted octanol–water partition coefficient (Wildman–Crippen LogP) is 1.65. The molecule has 76 valence electrons. The Balaban J connectivity index is 2.70. The number of hydrogen-bond donors (Lipinski definition) is 2. The molecular weight excluding hydrogens is 168 g/mol. The zero-order valence-corrected chi connectivity index (χ0v) is 8.29. The minimum absolute atomic E-state index is 0.0317. The fourth-order valence-corrected chi connectivity index (χ4v) is 2.28. The molecule has 0 spiro atoms. The van der Waals surface area contributed by atoms with Crippen LogP contribution in [-0.2, 0) is 4.79 Å². The van der Waals surface area contributed by atoms with Crippen LogP contribution in [-0.4, -0.2) is 22.3 Å². The maximum absolute atomic E-state index is 10.6. The van der Waals surface area contributed by atoms with Gasteiger partial charge in [0, 0.05) is 5.92 Å². The largest absolute Gasteiger partial charge is 0.479 e. The van der Waals surface area contributed by atoms with Gasteiger partial charge in [-0.1, -0.05) is 26.7 Å². The third-order valence-corrected chi connectivity index (χ3v) is 3.22. The lowest BCUT2D eigenvalue weighted by molar-refractivity contribution is -0.153. The maximum atomic E-state index is 10.6. The second-order valence-electron chi connectivity index (χ2n) is 4.62. The summed E-state index contributed by atoms with van der Waals surface area (Å²) in [7, 11) is 0. The summed E-state index contributed by atoms with van der Waals surface area (Å²) in [6.07, 6.45) is 2.85. The number of carbonyl (C=O) groups is 1. The number of carboxylic acid groups (broad SMARTS) is 1. The Morgan fingerprint density at radius 3 is 2.54 bits per heavy atom. The Morgan fingerprint density at radius 2 is 2.08 bits per heavy atom. The summed E-state index contributed by atoms with van der Waals surface area (Å²) in [5.41, 5.74) is -0.0317. The normalized spacial score (nSPS) is 29.6. The van der Waals surface area contributed by atoms with Crippen LogP contribution >= 0.6 is 0 Å². The van der Waals surface area contributed by atoms with Crippen LogP contribution < -0.4 is 0 Å². The van der Waals surface area contributed by atoms with E-state index >= 15 is 0 Å². The highest BCUT2D eigenvalue weighted by atomic mass is 16.4. The molecule has 1 aliphatic rings. The molecule has 2 unspecified atom stereocenters. The molecule has 0 amide bonds. The van der Waals surface area contributed by atoms with Gasteiger partial charge >= 0.3 is 5.97 Å². The van der Waals surface area contributed by atoms with Crippen molar-refractivity contribution in [3.05, 3.63) is 0 Å². The number of aliphatic carboxylic acids is 1. The van der Waals surface area contributed by atoms with Crippen LogP contribution in [0.5, 0.6) is 0 Å². The molecule has 0 saturated heterocycles. The van der Waals surface area contributed by atoms with Crippen molar-refractivity contribution in [1.82, 2.24) is 0 Å². The summed E-state index contributed by atoms with van der Waals surface area (Å²) in [6.45, 7) is 4.09. The second-order valence-corrected chi connectivity index (χ2v) is 4.62. The fourth-order valence-electron chi connectivity index (χ4n) is 2.28. The van der Waals surface area contributed by atoms with E-state index in [9.17, 15) is 9.90 Å². The van der Waals surface area contributed by atoms with E-state index in [0.29, 0.717) is 0 Å². The van der Waals surface area contributed by atoms with E-state index in [4.69, 9.17) is 5.11 Å². The molecule has 0 bridgehead atoms. The number of aliphatic hydroxyl groups excluding tert-OH is 1. The minimum Gasteiger partial charge on any atom is -0.479 e. The molecule has 3 heteroatoms. The Bertz CT molecular complexity index is 198. The summed E-state index contributed by atoms with van der Waals surface area (Å²) in [4.78, 5) is 10.6. The monoisotopic (exact) mass is 186 g/mol. The van der Waals surface area contributed by atoms with Crippen LogP contribution in [0.3, 0.4) is 0 Å². The topological polar surface area (TPSA) is 57.5 Å². The molecule has 0 heterocycles. The highest BCUT2D eigenvalue weighted by Crippen LogP contribution is 2.42. The second kappa shape index (κ2) is 3.66. The van der Waals surface area contributed by atoms with Crippen molar-refractivity contribution in [3.63, 3.8) is 0 Å². The molecule has 1 aliphatic carbocycles. The summed E-state index contributed by atoms with van der Waals surface area (Å²) in [6, 6.07) is 0. The lowest BCUT2D eigenvalue weighted by Gasteiger charge is -2.39. The molecule has 1 rings (SSSR count). The Hall–Kier alpha value is -0.570. The molecule has 0 aromatic carbocycles. The summed E-state index contributed by atoms with van der Waals surface area (Å²) in [5.74, 6) is -1.17. The predicted molar refractivity (Wildman–Crippen MR) is 49.4 cm³/mol. The highest BCUT2D eigenvalue weighted by molar-refractivity contribution is 5.72. The van der Waals surface area contributed by atoms with Gasteiger partial charge in [0.05, 0.1) is 0 Å². The quantitative estimate of drug-likeness (QED) is 0.689. The first kappa shape index (κ1) is 10.5. The standard InChI is InChI=1S/C10H18O3/c1-10(2)6-4-3-5-7(10)8(11)9(12)13/h7-8,11H,3-6H2,1-2H3,(H,12,13). The van der Waals surface area contributed by atoms with Gasteiger partial charge in [-0.15, -0.1) is 0 Å². The summed E-state index contributed by atoms with van der Waals surface area (Å²) < 4.78 is 0. The maximum Gasteiger partial charge on any atom is 0.332 e. The lowest BCUT2D eigenvalue weighted by Crippen LogP contribution is -2.40. The van der Waals surface area contributed by atoms with Gasteiger partial charge in [0.25, 0.3) is 0 Å². The van der Waals surface area contributed by atoms with E-state index in [1.807, 2.05) is 13.8 Å². The minimum atomic E-state index is -1.18. The molecule has 0 aromatic rings. The Kier molecular flexibility index (Phi) is 2.96. The van der Waals surface area contributed by atoms with Gasteiger partial charge in [-0.05, 0) is 18.3 Å². The molecule has 0 radical (unpaired) electrons. The Labute approximate surface area is 78.8 Å². The van der Waals surface area contributed by atoms with Gasteiger partial charge in [-0.3, -0.25) is 0 Å². The van der Waals surface area contributed by atoms with Crippen molar-refractivity contribution in [2.24, 2.45) is 11.3 Å². The lowest BCUT2D eigenvalue weighted by atomic mass is 9.66. The summed E-state index contributed by atoms with van der Waals surface area (Å²) >= 11 is 0. The average molecular weight is 186 g/mol. The van der Waals surface area contributed by atoms with Crippen LogP contribution in [0.2, 0.25) is 0 Å². The van der Waals surface area contributed by atoms with Crippen molar-refractivity contribution in [2.75, 3.05) is 0 Å². The van der Waals surface area contributed by atoms with Gasteiger partial charge in [0.1, 0.15) is 0 Å². The van der Waals surface area contributed by atoms with Gasteiger partial charge in [-0.25, -0.2) is 4.79 Å². The average Bonchev–Trinajstić information content (AvgIpc) is 2.02. The summed E-state index contributed by atoms with van der Waals surface area (Å²) in [5, 5.41) is 18.2. The van der Waals surface area contributed by atoms with Gasteiger partial charge in [0.2, 0.25) is 0 Å². The smallest absolute Gasteiger partial charge is 0.332 e. The van der Waals surface area contributed by atoms with Crippen molar-refractivity contribution < 1.29 is 15.0 Å². The first-order chi connectivity index (χ1) is 5.95. The van der Waals surface area contributed by atoms with E-state index in [1.165, 1.54) is 0 Å². The van der Waals surface area contributed by atoms with Gasteiger partial charge in [0.15, 0.2) is 6.10 Å². The van der Waals surface area contributed by atoms with Crippen LogP contribution in [0.15, 0.2) is 0 Å². The van der Waals surface area contributed by atoms with E-state index < -0.39 is 12.1 Å². The SMILES string of the molecule is CC1(C)CCCCC1C(O)C(=O)O. The van der Waals surface area contributed by atoms with Crippen molar-refractivity contribution in [3.8, 4) is 0 Å².